The summed E-state index contributed by atoms with van der Waals surface area (Å²) in [5.74, 6) is 0. The smallest absolute Gasteiger partial charge is 0.184 e. The minimum absolute atomic E-state index is 0.109. The molecule has 0 aliphatic carbocycles. The maximum absolute atomic E-state index is 8.62. The van der Waals surface area contributed by atoms with E-state index in [0.717, 1.165) is 5.56 Å². The number of benzene rings is 1. The molecular formula is C9H8N4S. The second-order valence-electron chi connectivity index (χ2n) is 2.47. The topological polar surface area (TPSA) is 74.2 Å². The number of hydrazone groups is 1. The Bertz CT molecular complexity index is 406. The van der Waals surface area contributed by atoms with Crippen LogP contribution in [0.1, 0.15) is 11.1 Å². The number of hydrogen-bond donors (Lipinski definition) is 2. The number of nitrogens with zero attached hydrogens (tertiary/aromatic N) is 2. The van der Waals surface area contributed by atoms with Gasteiger partial charge in [-0.15, -0.1) is 0 Å². The van der Waals surface area contributed by atoms with Crippen molar-refractivity contribution in [1.82, 2.24) is 5.43 Å². The molecule has 0 fully saturated rings. The Labute approximate surface area is 87.0 Å². The maximum atomic E-state index is 8.62. The fraction of sp³-hybridized carbons (Fsp3) is 0. The molecule has 0 atom stereocenters. The molecule has 0 radical (unpaired) electrons. The predicted octanol–water partition coefficient (Wildman–Crippen LogP) is 0.725. The molecular weight excluding hydrogens is 196 g/mol. The van der Waals surface area contributed by atoms with Crippen LogP contribution in [0.15, 0.2) is 29.4 Å². The lowest BCUT2D eigenvalue weighted by molar-refractivity contribution is 1.04. The van der Waals surface area contributed by atoms with E-state index in [4.69, 9.17) is 11.0 Å². The highest BCUT2D eigenvalue weighted by Gasteiger charge is 1.90. The average Bonchev–Trinajstić information content (AvgIpc) is 2.18. The third kappa shape index (κ3) is 3.21. The quantitative estimate of drug-likeness (QED) is 0.423. The first-order chi connectivity index (χ1) is 6.72. The van der Waals surface area contributed by atoms with Crippen LogP contribution in [-0.4, -0.2) is 11.3 Å². The van der Waals surface area contributed by atoms with Gasteiger partial charge in [0.2, 0.25) is 0 Å². The molecule has 0 unspecified atom stereocenters. The molecule has 0 spiro atoms. The first-order valence-electron chi connectivity index (χ1n) is 3.81. The summed E-state index contributed by atoms with van der Waals surface area (Å²) in [6, 6.07) is 9.07. The summed E-state index contributed by atoms with van der Waals surface area (Å²) < 4.78 is 0. The molecule has 1 rings (SSSR count). The number of thiocarbonyl (C=S) groups is 1. The minimum Gasteiger partial charge on any atom is -0.375 e. The van der Waals surface area contributed by atoms with Crippen molar-refractivity contribution in [2.75, 3.05) is 0 Å². The molecule has 0 aromatic heterocycles. The third-order valence-corrected chi connectivity index (χ3v) is 1.50. The van der Waals surface area contributed by atoms with E-state index in [2.05, 4.69) is 22.7 Å². The highest BCUT2D eigenvalue weighted by atomic mass is 32.1. The summed E-state index contributed by atoms with van der Waals surface area (Å²) in [7, 11) is 0. The van der Waals surface area contributed by atoms with E-state index in [1.54, 1.807) is 24.4 Å². The van der Waals surface area contributed by atoms with Gasteiger partial charge in [-0.1, -0.05) is 12.1 Å². The summed E-state index contributed by atoms with van der Waals surface area (Å²) in [6.07, 6.45) is 1.54. The van der Waals surface area contributed by atoms with Gasteiger partial charge in [-0.2, -0.15) is 10.4 Å². The van der Waals surface area contributed by atoms with Gasteiger partial charge in [0.15, 0.2) is 5.11 Å². The summed E-state index contributed by atoms with van der Waals surface area (Å²) in [5.41, 5.74) is 8.99. The van der Waals surface area contributed by atoms with Gasteiger partial charge in [0.25, 0.3) is 0 Å². The Morgan fingerprint density at radius 3 is 3.07 bits per heavy atom. The lowest BCUT2D eigenvalue weighted by Crippen LogP contribution is -2.23. The number of hydrogen-bond acceptors (Lipinski definition) is 3. The van der Waals surface area contributed by atoms with Crippen molar-refractivity contribution in [2.45, 2.75) is 0 Å². The highest BCUT2D eigenvalue weighted by Crippen LogP contribution is 2.00. The number of nitrogens with two attached hydrogens (primary N) is 1. The van der Waals surface area contributed by atoms with Crippen LogP contribution in [0.25, 0.3) is 0 Å². The second kappa shape index (κ2) is 4.94. The summed E-state index contributed by atoms with van der Waals surface area (Å²) in [4.78, 5) is 0. The SMILES string of the molecule is N#Cc1cccc(C=NNC(N)=S)c1. The molecule has 5 heteroatoms. The van der Waals surface area contributed by atoms with E-state index in [9.17, 15) is 0 Å². The fourth-order valence-corrected chi connectivity index (χ4v) is 0.912. The molecule has 0 aliphatic rings. The van der Waals surface area contributed by atoms with Gasteiger partial charge in [0.05, 0.1) is 17.8 Å². The van der Waals surface area contributed by atoms with E-state index >= 15 is 0 Å². The number of nitriles is 1. The van der Waals surface area contributed by atoms with Crippen LogP contribution in [0, 0.1) is 11.3 Å². The largest absolute Gasteiger partial charge is 0.375 e. The van der Waals surface area contributed by atoms with E-state index in [-0.39, 0.29) is 5.11 Å². The van der Waals surface area contributed by atoms with Crippen LogP contribution in [0.3, 0.4) is 0 Å². The Balaban J connectivity index is 2.72. The first kappa shape index (κ1) is 10.2. The van der Waals surface area contributed by atoms with Crippen molar-refractivity contribution in [1.29, 1.82) is 5.26 Å². The van der Waals surface area contributed by atoms with Crippen LogP contribution >= 0.6 is 12.2 Å². The number of rotatable bonds is 2. The zero-order valence-corrected chi connectivity index (χ0v) is 8.08. The fourth-order valence-electron chi connectivity index (χ4n) is 0.859. The van der Waals surface area contributed by atoms with Crippen LogP contribution in [0.2, 0.25) is 0 Å². The maximum Gasteiger partial charge on any atom is 0.184 e. The summed E-state index contributed by atoms with van der Waals surface area (Å²) >= 11 is 4.56. The van der Waals surface area contributed by atoms with Crippen molar-refractivity contribution in [3.63, 3.8) is 0 Å². The van der Waals surface area contributed by atoms with E-state index in [0.29, 0.717) is 5.56 Å². The molecule has 3 N–H and O–H groups in total. The van der Waals surface area contributed by atoms with Gasteiger partial charge in [0.1, 0.15) is 0 Å². The minimum atomic E-state index is 0.109. The zero-order chi connectivity index (χ0) is 10.4. The van der Waals surface area contributed by atoms with Crippen molar-refractivity contribution < 1.29 is 0 Å². The second-order valence-corrected chi connectivity index (χ2v) is 2.91. The standard InChI is InChI=1S/C9H8N4S/c10-5-7-2-1-3-8(4-7)6-12-13-9(11)14/h1-4,6H,(H3,11,13,14). The van der Waals surface area contributed by atoms with Gasteiger partial charge in [-0.25, -0.2) is 0 Å². The molecule has 0 saturated carbocycles. The van der Waals surface area contributed by atoms with Gasteiger partial charge in [-0.3, -0.25) is 5.43 Å². The average molecular weight is 204 g/mol. The van der Waals surface area contributed by atoms with Crippen LogP contribution in [0.4, 0.5) is 0 Å². The van der Waals surface area contributed by atoms with Gasteiger partial charge in [0, 0.05) is 0 Å². The summed E-state index contributed by atoms with van der Waals surface area (Å²) in [5, 5.41) is 12.5. The highest BCUT2D eigenvalue weighted by molar-refractivity contribution is 7.80. The van der Waals surface area contributed by atoms with Gasteiger partial charge >= 0.3 is 0 Å². The van der Waals surface area contributed by atoms with E-state index < -0.39 is 0 Å². The summed E-state index contributed by atoms with van der Waals surface area (Å²) in [6.45, 7) is 0. The Kier molecular flexibility index (Phi) is 3.58. The lowest BCUT2D eigenvalue weighted by Gasteiger charge is -1.95. The molecule has 0 bridgehead atoms. The van der Waals surface area contributed by atoms with Crippen LogP contribution in [0.5, 0.6) is 0 Å². The van der Waals surface area contributed by atoms with Gasteiger partial charge < -0.3 is 5.73 Å². The lowest BCUT2D eigenvalue weighted by atomic mass is 10.1. The molecule has 0 heterocycles. The predicted molar refractivity (Wildman–Crippen MR) is 58.7 cm³/mol. The third-order valence-electron chi connectivity index (χ3n) is 1.40. The van der Waals surface area contributed by atoms with E-state index in [1.165, 1.54) is 0 Å². The molecule has 70 valence electrons. The zero-order valence-electron chi connectivity index (χ0n) is 7.27. The molecule has 0 aliphatic heterocycles. The van der Waals surface area contributed by atoms with E-state index in [1.807, 2.05) is 12.1 Å². The molecule has 1 aromatic rings. The van der Waals surface area contributed by atoms with Crippen molar-refractivity contribution in [3.05, 3.63) is 35.4 Å². The van der Waals surface area contributed by atoms with Crippen molar-refractivity contribution in [2.24, 2.45) is 10.8 Å². The normalized spacial score (nSPS) is 9.64. The van der Waals surface area contributed by atoms with Crippen LogP contribution in [-0.2, 0) is 0 Å². The molecule has 14 heavy (non-hydrogen) atoms. The Hall–Kier alpha value is -1.93. The van der Waals surface area contributed by atoms with Crippen LogP contribution < -0.4 is 11.2 Å². The van der Waals surface area contributed by atoms with Crippen molar-refractivity contribution in [3.8, 4) is 6.07 Å². The molecule has 0 saturated heterocycles. The number of nitrogens with one attached hydrogen (secondary N) is 1. The molecule has 0 amide bonds. The van der Waals surface area contributed by atoms with Crippen molar-refractivity contribution >= 4 is 23.5 Å². The molecule has 4 nitrogen and oxygen atoms in total. The Morgan fingerprint density at radius 1 is 1.64 bits per heavy atom. The molecule has 1 aromatic carbocycles. The monoisotopic (exact) mass is 204 g/mol. The first-order valence-corrected chi connectivity index (χ1v) is 4.22. The Morgan fingerprint density at radius 2 is 2.43 bits per heavy atom. The van der Waals surface area contributed by atoms with Gasteiger partial charge in [-0.05, 0) is 29.9 Å².